The van der Waals surface area contributed by atoms with E-state index in [-0.39, 0.29) is 30.4 Å². The number of aromatic nitrogens is 2. The Morgan fingerprint density at radius 1 is 1.17 bits per heavy atom. The molecule has 0 saturated heterocycles. The van der Waals surface area contributed by atoms with Crippen molar-refractivity contribution in [3.63, 3.8) is 0 Å². The molecule has 0 radical (unpaired) electrons. The lowest BCUT2D eigenvalue weighted by Crippen LogP contribution is -2.29. The van der Waals surface area contributed by atoms with Gasteiger partial charge in [-0.3, -0.25) is 9.59 Å². The number of nitrogens with zero attached hydrogens (tertiary/aromatic N) is 1. The van der Waals surface area contributed by atoms with Crippen LogP contribution in [-0.4, -0.2) is 16.1 Å². The number of carbonyl (C=O) groups is 1. The average Bonchev–Trinajstić information content (AvgIpc) is 2.60. The lowest BCUT2D eigenvalue weighted by Gasteiger charge is -2.11. The molecule has 0 bridgehead atoms. The molecule has 130 valence electrons. The Balaban J connectivity index is 0.00000288. The highest BCUT2D eigenvalue weighted by Gasteiger charge is 2.13. The van der Waals surface area contributed by atoms with Crippen molar-refractivity contribution in [3.05, 3.63) is 62.6 Å². The molecule has 0 unspecified atom stereocenters. The van der Waals surface area contributed by atoms with E-state index >= 15 is 0 Å². The minimum Gasteiger partial charge on any atom is -0.348 e. The van der Waals surface area contributed by atoms with Gasteiger partial charge in [0.2, 0.25) is 0 Å². The van der Waals surface area contributed by atoms with Gasteiger partial charge in [0, 0.05) is 24.2 Å². The molecule has 0 saturated carbocycles. The Morgan fingerprint density at radius 3 is 2.38 bits per heavy atom. The van der Waals surface area contributed by atoms with Gasteiger partial charge in [0.15, 0.2) is 0 Å². The number of nitrogens with one attached hydrogen (secondary N) is 2. The summed E-state index contributed by atoms with van der Waals surface area (Å²) in [7, 11) is 0. The standard InChI is InChI=1S/C17H22N4O2.ClH/c1-3-13-14(17(23)21-20-15(13)4-2)10-19-16(22)12-7-5-11(9-18)6-8-12;/h5-8H,3-4,9-10,18H2,1-2H3,(H,19,22)(H,21,23);1H. The fraction of sp³-hybridized carbons (Fsp3) is 0.353. The zero-order valence-corrected chi connectivity index (χ0v) is 14.7. The number of aryl methyl sites for hydroxylation is 1. The van der Waals surface area contributed by atoms with Crippen LogP contribution in [0, 0.1) is 0 Å². The minimum atomic E-state index is -0.252. The van der Waals surface area contributed by atoms with Crippen LogP contribution in [0.2, 0.25) is 0 Å². The fourth-order valence-corrected chi connectivity index (χ4v) is 2.52. The highest BCUT2D eigenvalue weighted by molar-refractivity contribution is 5.94. The van der Waals surface area contributed by atoms with Crippen molar-refractivity contribution in [1.82, 2.24) is 15.5 Å². The van der Waals surface area contributed by atoms with E-state index in [1.807, 2.05) is 26.0 Å². The molecule has 0 aliphatic rings. The molecule has 6 nitrogen and oxygen atoms in total. The summed E-state index contributed by atoms with van der Waals surface area (Å²) in [5.41, 5.74) is 9.15. The van der Waals surface area contributed by atoms with E-state index in [1.54, 1.807) is 12.1 Å². The highest BCUT2D eigenvalue weighted by Crippen LogP contribution is 2.10. The van der Waals surface area contributed by atoms with E-state index in [2.05, 4.69) is 15.5 Å². The van der Waals surface area contributed by atoms with Gasteiger partial charge in [-0.2, -0.15) is 5.10 Å². The Bertz CT molecular complexity index is 741. The SMILES string of the molecule is CCc1n[nH]c(=O)c(CNC(=O)c2ccc(CN)cc2)c1CC.Cl. The first-order valence-corrected chi connectivity index (χ1v) is 7.77. The second kappa shape index (κ2) is 9.20. The van der Waals surface area contributed by atoms with Crippen LogP contribution >= 0.6 is 12.4 Å². The molecule has 1 amide bonds. The van der Waals surface area contributed by atoms with Gasteiger partial charge >= 0.3 is 0 Å². The van der Waals surface area contributed by atoms with Crippen LogP contribution in [-0.2, 0) is 25.9 Å². The summed E-state index contributed by atoms with van der Waals surface area (Å²) in [4.78, 5) is 24.2. The third-order valence-corrected chi connectivity index (χ3v) is 3.85. The largest absolute Gasteiger partial charge is 0.348 e. The number of benzene rings is 1. The van der Waals surface area contributed by atoms with Gasteiger partial charge in [-0.15, -0.1) is 12.4 Å². The van der Waals surface area contributed by atoms with E-state index in [9.17, 15) is 9.59 Å². The molecule has 2 rings (SSSR count). The maximum atomic E-state index is 12.2. The van der Waals surface area contributed by atoms with Gasteiger partial charge in [0.05, 0.1) is 5.69 Å². The number of halogens is 1. The van der Waals surface area contributed by atoms with Crippen LogP contribution in [0.5, 0.6) is 0 Å². The maximum absolute atomic E-state index is 12.2. The van der Waals surface area contributed by atoms with E-state index < -0.39 is 0 Å². The van der Waals surface area contributed by atoms with Crippen LogP contribution in [0.1, 0.15) is 46.6 Å². The Hall–Kier alpha value is -2.18. The molecule has 2 aromatic rings. The summed E-state index contributed by atoms with van der Waals surface area (Å²) < 4.78 is 0. The molecule has 7 heteroatoms. The number of hydrogen-bond donors (Lipinski definition) is 3. The average molecular weight is 351 g/mol. The monoisotopic (exact) mass is 350 g/mol. The van der Waals surface area contributed by atoms with Crippen molar-refractivity contribution >= 4 is 18.3 Å². The van der Waals surface area contributed by atoms with Gasteiger partial charge in [-0.05, 0) is 36.1 Å². The minimum absolute atomic E-state index is 0. The smallest absolute Gasteiger partial charge is 0.269 e. The number of amides is 1. The Labute approximate surface area is 147 Å². The van der Waals surface area contributed by atoms with Crippen molar-refractivity contribution in [2.24, 2.45) is 5.73 Å². The number of nitrogens with two attached hydrogens (primary N) is 1. The molecule has 1 aromatic heterocycles. The third kappa shape index (κ3) is 4.43. The van der Waals surface area contributed by atoms with Gasteiger partial charge in [0.25, 0.3) is 11.5 Å². The predicted octanol–water partition coefficient (Wildman–Crippen LogP) is 1.71. The molecule has 0 aliphatic heterocycles. The number of carbonyl (C=O) groups excluding carboxylic acids is 1. The molecule has 0 spiro atoms. The van der Waals surface area contributed by atoms with Crippen molar-refractivity contribution in [2.45, 2.75) is 39.8 Å². The van der Waals surface area contributed by atoms with Crippen LogP contribution < -0.4 is 16.6 Å². The highest BCUT2D eigenvalue weighted by atomic mass is 35.5. The first kappa shape index (κ1) is 19.9. The summed E-state index contributed by atoms with van der Waals surface area (Å²) >= 11 is 0. The number of H-pyrrole nitrogens is 1. The van der Waals surface area contributed by atoms with Crippen molar-refractivity contribution in [1.29, 1.82) is 0 Å². The molecule has 1 aromatic carbocycles. The van der Waals surface area contributed by atoms with Crippen LogP contribution in [0.4, 0.5) is 0 Å². The Morgan fingerprint density at radius 2 is 1.83 bits per heavy atom. The van der Waals surface area contributed by atoms with Crippen LogP contribution in [0.25, 0.3) is 0 Å². The van der Waals surface area contributed by atoms with Gasteiger partial charge in [0.1, 0.15) is 0 Å². The molecular weight excluding hydrogens is 328 g/mol. The molecule has 0 aliphatic carbocycles. The topological polar surface area (TPSA) is 101 Å². The summed E-state index contributed by atoms with van der Waals surface area (Å²) in [6.45, 7) is 4.59. The third-order valence-electron chi connectivity index (χ3n) is 3.85. The second-order valence-electron chi connectivity index (χ2n) is 5.25. The number of aromatic amines is 1. The van der Waals surface area contributed by atoms with Crippen LogP contribution in [0.15, 0.2) is 29.1 Å². The van der Waals surface area contributed by atoms with Crippen LogP contribution in [0.3, 0.4) is 0 Å². The number of rotatable bonds is 6. The summed E-state index contributed by atoms with van der Waals surface area (Å²) in [6, 6.07) is 7.10. The summed E-state index contributed by atoms with van der Waals surface area (Å²) in [5, 5.41) is 9.37. The first-order chi connectivity index (χ1) is 11.1. The molecule has 0 fully saturated rings. The molecule has 4 N–H and O–H groups in total. The fourth-order valence-electron chi connectivity index (χ4n) is 2.52. The van der Waals surface area contributed by atoms with Crippen molar-refractivity contribution < 1.29 is 4.79 Å². The summed E-state index contributed by atoms with van der Waals surface area (Å²) in [5.74, 6) is -0.218. The molecule has 24 heavy (non-hydrogen) atoms. The lowest BCUT2D eigenvalue weighted by atomic mass is 10.0. The maximum Gasteiger partial charge on any atom is 0.269 e. The van der Waals surface area contributed by atoms with E-state index in [1.165, 1.54) is 0 Å². The Kier molecular flexibility index (Phi) is 7.61. The molecule has 1 heterocycles. The molecular formula is C17H23ClN4O2. The zero-order valence-electron chi connectivity index (χ0n) is 13.9. The van der Waals surface area contributed by atoms with E-state index in [4.69, 9.17) is 5.73 Å². The van der Waals surface area contributed by atoms with Gasteiger partial charge < -0.3 is 11.1 Å². The van der Waals surface area contributed by atoms with E-state index in [0.717, 1.165) is 23.2 Å². The van der Waals surface area contributed by atoms with Crippen molar-refractivity contribution in [2.75, 3.05) is 0 Å². The quantitative estimate of drug-likeness (QED) is 0.738. The summed E-state index contributed by atoms with van der Waals surface area (Å²) in [6.07, 6.45) is 1.44. The lowest BCUT2D eigenvalue weighted by molar-refractivity contribution is 0.0950. The van der Waals surface area contributed by atoms with Crippen molar-refractivity contribution in [3.8, 4) is 0 Å². The van der Waals surface area contributed by atoms with E-state index in [0.29, 0.717) is 24.1 Å². The van der Waals surface area contributed by atoms with Gasteiger partial charge in [-0.1, -0.05) is 26.0 Å². The first-order valence-electron chi connectivity index (χ1n) is 7.77. The normalized spacial score (nSPS) is 10.1. The predicted molar refractivity (Wildman–Crippen MR) is 96.4 cm³/mol. The second-order valence-corrected chi connectivity index (χ2v) is 5.25. The van der Waals surface area contributed by atoms with Gasteiger partial charge in [-0.25, -0.2) is 5.10 Å². The zero-order chi connectivity index (χ0) is 16.8. The molecule has 0 atom stereocenters. The number of hydrogen-bond acceptors (Lipinski definition) is 4.